The van der Waals surface area contributed by atoms with Crippen LogP contribution in [0.2, 0.25) is 0 Å². The summed E-state index contributed by atoms with van der Waals surface area (Å²) in [6.45, 7) is 4.03. The third-order valence-corrected chi connectivity index (χ3v) is 6.69. The minimum Gasteiger partial charge on any atom is -0.490 e. The normalized spacial score (nSPS) is 20.1. The van der Waals surface area contributed by atoms with Crippen LogP contribution in [0.4, 0.5) is 4.39 Å². The number of morpholine rings is 1. The predicted octanol–water partition coefficient (Wildman–Crippen LogP) is 3.99. The maximum Gasteiger partial charge on any atom is 0.226 e. The van der Waals surface area contributed by atoms with Crippen molar-refractivity contribution in [1.82, 2.24) is 15.2 Å². The second kappa shape index (κ2) is 11.0. The van der Waals surface area contributed by atoms with Crippen molar-refractivity contribution in [1.29, 1.82) is 0 Å². The van der Waals surface area contributed by atoms with Crippen LogP contribution in [0.1, 0.15) is 24.1 Å². The fourth-order valence-electron chi connectivity index (χ4n) is 4.58. The Balaban J connectivity index is 1.12. The van der Waals surface area contributed by atoms with E-state index in [1.165, 1.54) is 6.07 Å². The molecule has 7 heteroatoms. The van der Waals surface area contributed by atoms with Crippen LogP contribution in [0.15, 0.2) is 66.9 Å². The molecule has 1 saturated heterocycles. The summed E-state index contributed by atoms with van der Waals surface area (Å²) in [6.07, 6.45) is 3.84. The third kappa shape index (κ3) is 6.05. The van der Waals surface area contributed by atoms with Crippen LogP contribution in [0, 0.1) is 5.82 Å². The van der Waals surface area contributed by atoms with Crippen LogP contribution in [-0.4, -0.2) is 54.2 Å². The summed E-state index contributed by atoms with van der Waals surface area (Å²) in [5.74, 6) is 0.103. The molecule has 1 saturated carbocycles. The fourth-order valence-corrected chi connectivity index (χ4v) is 4.58. The zero-order valence-electron chi connectivity index (χ0n) is 19.7. The number of aromatic nitrogens is 1. The highest BCUT2D eigenvalue weighted by Gasteiger charge is 2.35. The van der Waals surface area contributed by atoms with Crippen LogP contribution in [0.3, 0.4) is 0 Å². The molecular formula is C28H30FN3O3. The Morgan fingerprint density at radius 1 is 1.09 bits per heavy atom. The van der Waals surface area contributed by atoms with E-state index in [-0.39, 0.29) is 24.2 Å². The molecule has 2 heterocycles. The monoisotopic (exact) mass is 475 g/mol. The minimum absolute atomic E-state index is 0.103. The number of benzene rings is 2. The van der Waals surface area contributed by atoms with Gasteiger partial charge in [-0.15, -0.1) is 0 Å². The first-order chi connectivity index (χ1) is 17.1. The molecule has 0 atom stereocenters. The van der Waals surface area contributed by atoms with Crippen LogP contribution < -0.4 is 10.1 Å². The van der Waals surface area contributed by atoms with Crippen LogP contribution in [0.25, 0.3) is 11.1 Å². The van der Waals surface area contributed by atoms with Gasteiger partial charge in [-0.05, 0) is 23.8 Å². The second-order valence-electron chi connectivity index (χ2n) is 9.13. The summed E-state index contributed by atoms with van der Waals surface area (Å²) in [6, 6.07) is 18.8. The molecule has 5 rings (SSSR count). The van der Waals surface area contributed by atoms with Crippen molar-refractivity contribution in [3.8, 4) is 16.9 Å². The van der Waals surface area contributed by atoms with Crippen LogP contribution >= 0.6 is 0 Å². The molecule has 0 unspecified atom stereocenters. The van der Waals surface area contributed by atoms with Crippen molar-refractivity contribution in [3.05, 3.63) is 83.9 Å². The molecule has 2 fully saturated rings. The number of nitrogens with one attached hydrogen (secondary N) is 1. The number of hydrogen-bond donors (Lipinski definition) is 1. The van der Waals surface area contributed by atoms with E-state index in [0.717, 1.165) is 44.7 Å². The average molecular weight is 476 g/mol. The van der Waals surface area contributed by atoms with E-state index in [0.29, 0.717) is 35.2 Å². The van der Waals surface area contributed by atoms with Crippen molar-refractivity contribution in [2.75, 3.05) is 26.3 Å². The Labute approximate surface area is 205 Å². The van der Waals surface area contributed by atoms with Crippen LogP contribution in [0.5, 0.6) is 5.75 Å². The summed E-state index contributed by atoms with van der Waals surface area (Å²) in [5.41, 5.74) is 2.81. The molecule has 35 heavy (non-hydrogen) atoms. The molecule has 0 radical (unpaired) electrons. The zero-order chi connectivity index (χ0) is 24.0. The molecular weight excluding hydrogens is 445 g/mol. The van der Waals surface area contributed by atoms with E-state index >= 15 is 0 Å². The molecule has 1 aromatic heterocycles. The molecule has 1 aliphatic carbocycles. The summed E-state index contributed by atoms with van der Waals surface area (Å²) in [5, 5.41) is 2.89. The summed E-state index contributed by atoms with van der Waals surface area (Å²) >= 11 is 0. The largest absolute Gasteiger partial charge is 0.490 e. The van der Waals surface area contributed by atoms with Gasteiger partial charge in [-0.1, -0.05) is 36.4 Å². The SMILES string of the molecule is O=C(Cc1ccc(-c2ccc(OC3CC(N4CCOCC4)C3)cc2F)cn1)NCc1ccccc1. The van der Waals surface area contributed by atoms with Gasteiger partial charge in [-0.25, -0.2) is 4.39 Å². The van der Waals surface area contributed by atoms with E-state index in [1.807, 2.05) is 36.4 Å². The van der Waals surface area contributed by atoms with Crippen molar-refractivity contribution < 1.29 is 18.7 Å². The first-order valence-corrected chi connectivity index (χ1v) is 12.2. The number of carbonyl (C=O) groups excluding carboxylic acids is 1. The van der Waals surface area contributed by atoms with Gasteiger partial charge in [0.05, 0.1) is 19.6 Å². The standard InChI is InChI=1S/C28H30FN3O3/c29-27-17-24(35-25-15-23(16-25)32-10-12-34-13-11-32)8-9-26(27)21-6-7-22(30-19-21)14-28(33)31-18-20-4-2-1-3-5-20/h1-9,17,19,23,25H,10-16,18H2,(H,31,33). The van der Waals surface area contributed by atoms with Crippen LogP contribution in [-0.2, 0) is 22.5 Å². The van der Waals surface area contributed by atoms with Crippen molar-refractivity contribution in [3.63, 3.8) is 0 Å². The number of amides is 1. The van der Waals surface area contributed by atoms with Gasteiger partial charge in [-0.2, -0.15) is 0 Å². The molecule has 3 aromatic rings. The number of hydrogen-bond acceptors (Lipinski definition) is 5. The molecule has 1 N–H and O–H groups in total. The number of ether oxygens (including phenoxy) is 2. The third-order valence-electron chi connectivity index (χ3n) is 6.69. The Kier molecular flexibility index (Phi) is 7.35. The average Bonchev–Trinajstić information content (AvgIpc) is 2.87. The van der Waals surface area contributed by atoms with E-state index < -0.39 is 0 Å². The maximum absolute atomic E-state index is 14.9. The zero-order valence-corrected chi connectivity index (χ0v) is 19.7. The Bertz CT molecular complexity index is 1130. The quantitative estimate of drug-likeness (QED) is 0.534. The van der Waals surface area contributed by atoms with Gasteiger partial charge in [0.15, 0.2) is 0 Å². The predicted molar refractivity (Wildman–Crippen MR) is 131 cm³/mol. The van der Waals surface area contributed by atoms with Crippen molar-refractivity contribution in [2.45, 2.75) is 38.0 Å². The lowest BCUT2D eigenvalue weighted by Crippen LogP contribution is -2.52. The molecule has 2 aliphatic rings. The van der Waals surface area contributed by atoms with Crippen molar-refractivity contribution >= 4 is 5.91 Å². The number of rotatable bonds is 8. The summed E-state index contributed by atoms with van der Waals surface area (Å²) < 4.78 is 26.3. The topological polar surface area (TPSA) is 63.7 Å². The minimum atomic E-state index is -0.346. The Morgan fingerprint density at radius 3 is 2.60 bits per heavy atom. The summed E-state index contributed by atoms with van der Waals surface area (Å²) in [4.78, 5) is 19.0. The Morgan fingerprint density at radius 2 is 1.89 bits per heavy atom. The molecule has 2 aromatic carbocycles. The molecule has 182 valence electrons. The van der Waals surface area contributed by atoms with E-state index in [1.54, 1.807) is 24.4 Å². The molecule has 0 bridgehead atoms. The lowest BCUT2D eigenvalue weighted by molar-refractivity contribution is -0.120. The maximum atomic E-state index is 14.9. The van der Waals surface area contributed by atoms with Gasteiger partial charge < -0.3 is 14.8 Å². The number of halogens is 1. The van der Waals surface area contributed by atoms with Gasteiger partial charge in [0.25, 0.3) is 0 Å². The first-order valence-electron chi connectivity index (χ1n) is 12.2. The van der Waals surface area contributed by atoms with Gasteiger partial charge in [-0.3, -0.25) is 14.7 Å². The summed E-state index contributed by atoms with van der Waals surface area (Å²) in [7, 11) is 0. The first kappa shape index (κ1) is 23.5. The van der Waals surface area contributed by atoms with E-state index in [9.17, 15) is 9.18 Å². The van der Waals surface area contributed by atoms with Crippen molar-refractivity contribution in [2.24, 2.45) is 0 Å². The van der Waals surface area contributed by atoms with E-state index in [2.05, 4.69) is 15.2 Å². The highest BCUT2D eigenvalue weighted by molar-refractivity contribution is 5.78. The van der Waals surface area contributed by atoms with Gasteiger partial charge in [0, 0.05) is 67.6 Å². The molecule has 1 amide bonds. The number of pyridine rings is 1. The molecule has 0 spiro atoms. The number of nitrogens with zero attached hydrogens (tertiary/aromatic N) is 2. The molecule has 6 nitrogen and oxygen atoms in total. The van der Waals surface area contributed by atoms with E-state index in [4.69, 9.17) is 9.47 Å². The highest BCUT2D eigenvalue weighted by atomic mass is 19.1. The lowest BCUT2D eigenvalue weighted by Gasteiger charge is -2.44. The second-order valence-corrected chi connectivity index (χ2v) is 9.13. The highest BCUT2D eigenvalue weighted by Crippen LogP contribution is 2.32. The van der Waals surface area contributed by atoms with Gasteiger partial charge in [0.2, 0.25) is 5.91 Å². The fraction of sp³-hybridized carbons (Fsp3) is 0.357. The number of carbonyl (C=O) groups is 1. The van der Waals surface area contributed by atoms with Gasteiger partial charge >= 0.3 is 0 Å². The lowest BCUT2D eigenvalue weighted by atomic mass is 9.87. The smallest absolute Gasteiger partial charge is 0.226 e. The molecule has 1 aliphatic heterocycles. The van der Waals surface area contributed by atoms with Gasteiger partial charge in [0.1, 0.15) is 17.7 Å². The Hall–Kier alpha value is -3.29.